The molecule has 4 heteroatoms. The number of amides is 1. The summed E-state index contributed by atoms with van der Waals surface area (Å²) in [7, 11) is 0. The van der Waals surface area contributed by atoms with E-state index in [-0.39, 0.29) is 11.4 Å². The largest absolute Gasteiger partial charge is 0.438 e. The van der Waals surface area contributed by atoms with Gasteiger partial charge in [-0.25, -0.2) is 4.98 Å². The Labute approximate surface area is 99.1 Å². The molecule has 0 radical (unpaired) electrons. The maximum atomic E-state index is 11.2. The van der Waals surface area contributed by atoms with Gasteiger partial charge in [0.15, 0.2) is 0 Å². The summed E-state index contributed by atoms with van der Waals surface area (Å²) in [5.41, 5.74) is 6.64. The van der Waals surface area contributed by atoms with E-state index in [4.69, 9.17) is 10.5 Å². The third kappa shape index (κ3) is 2.60. The van der Waals surface area contributed by atoms with Gasteiger partial charge in [0, 0.05) is 6.20 Å². The highest BCUT2D eigenvalue weighted by Gasteiger charge is 2.10. The van der Waals surface area contributed by atoms with Gasteiger partial charge in [0.2, 0.25) is 5.88 Å². The predicted molar refractivity (Wildman–Crippen MR) is 64.0 cm³/mol. The van der Waals surface area contributed by atoms with Crippen LogP contribution in [0.1, 0.15) is 15.9 Å². The SMILES string of the molecule is Cc1ccc(Oc2ncccc2C(N)=O)cc1. The number of carbonyl (C=O) groups is 1. The summed E-state index contributed by atoms with van der Waals surface area (Å²) in [6.45, 7) is 1.99. The maximum Gasteiger partial charge on any atom is 0.254 e. The molecule has 1 heterocycles. The van der Waals surface area contributed by atoms with Gasteiger partial charge in [0.1, 0.15) is 11.3 Å². The van der Waals surface area contributed by atoms with Crippen LogP contribution in [0.3, 0.4) is 0 Å². The van der Waals surface area contributed by atoms with Gasteiger partial charge in [0.25, 0.3) is 5.91 Å². The molecule has 0 bridgehead atoms. The Hall–Kier alpha value is -2.36. The number of nitrogens with zero attached hydrogens (tertiary/aromatic N) is 1. The van der Waals surface area contributed by atoms with E-state index in [0.717, 1.165) is 5.56 Å². The number of ether oxygens (including phenoxy) is 1. The number of hydrogen-bond donors (Lipinski definition) is 1. The van der Waals surface area contributed by atoms with Crippen LogP contribution in [-0.4, -0.2) is 10.9 Å². The molecule has 17 heavy (non-hydrogen) atoms. The zero-order chi connectivity index (χ0) is 12.3. The van der Waals surface area contributed by atoms with E-state index < -0.39 is 5.91 Å². The Kier molecular flexibility index (Phi) is 3.05. The number of pyridine rings is 1. The lowest BCUT2D eigenvalue weighted by molar-refractivity contribution is 0.0997. The molecule has 0 aliphatic carbocycles. The quantitative estimate of drug-likeness (QED) is 0.876. The van der Waals surface area contributed by atoms with Crippen molar-refractivity contribution in [1.82, 2.24) is 4.98 Å². The first-order valence-corrected chi connectivity index (χ1v) is 5.16. The molecule has 2 aromatic rings. The molecule has 0 atom stereocenters. The summed E-state index contributed by atoms with van der Waals surface area (Å²) in [5.74, 6) is 0.292. The molecule has 2 N–H and O–H groups in total. The number of benzene rings is 1. The molecule has 0 fully saturated rings. The highest BCUT2D eigenvalue weighted by atomic mass is 16.5. The standard InChI is InChI=1S/C13H12N2O2/c1-9-4-6-10(7-5-9)17-13-11(12(14)16)3-2-8-15-13/h2-8H,1H3,(H2,14,16). The van der Waals surface area contributed by atoms with Crippen molar-refractivity contribution < 1.29 is 9.53 Å². The summed E-state index contributed by atoms with van der Waals surface area (Å²) >= 11 is 0. The molecule has 1 aromatic heterocycles. The molecule has 4 nitrogen and oxygen atoms in total. The number of aromatic nitrogens is 1. The molecule has 0 aliphatic heterocycles. The minimum atomic E-state index is -0.555. The van der Waals surface area contributed by atoms with E-state index in [0.29, 0.717) is 5.75 Å². The van der Waals surface area contributed by atoms with Crippen molar-refractivity contribution >= 4 is 5.91 Å². The maximum absolute atomic E-state index is 11.2. The summed E-state index contributed by atoms with van der Waals surface area (Å²) in [4.78, 5) is 15.2. The average molecular weight is 228 g/mol. The van der Waals surface area contributed by atoms with E-state index >= 15 is 0 Å². The highest BCUT2D eigenvalue weighted by molar-refractivity contribution is 5.95. The van der Waals surface area contributed by atoms with Crippen molar-refractivity contribution in [2.24, 2.45) is 5.73 Å². The Bertz CT molecular complexity index is 535. The van der Waals surface area contributed by atoms with Crippen LogP contribution in [0, 0.1) is 6.92 Å². The number of rotatable bonds is 3. The van der Waals surface area contributed by atoms with E-state index in [1.54, 1.807) is 18.3 Å². The number of carbonyl (C=O) groups excluding carboxylic acids is 1. The molecule has 1 aromatic carbocycles. The van der Waals surface area contributed by atoms with Crippen LogP contribution in [0.5, 0.6) is 11.6 Å². The van der Waals surface area contributed by atoms with Gasteiger partial charge in [-0.2, -0.15) is 0 Å². The van der Waals surface area contributed by atoms with Gasteiger partial charge in [-0.1, -0.05) is 17.7 Å². The smallest absolute Gasteiger partial charge is 0.254 e. The number of primary amides is 1. The first-order valence-electron chi connectivity index (χ1n) is 5.16. The number of nitrogens with two attached hydrogens (primary N) is 1. The first kappa shape index (κ1) is 11.1. The fourth-order valence-electron chi connectivity index (χ4n) is 1.38. The van der Waals surface area contributed by atoms with Gasteiger partial charge in [0.05, 0.1) is 0 Å². The second-order valence-corrected chi connectivity index (χ2v) is 3.64. The fourth-order valence-corrected chi connectivity index (χ4v) is 1.38. The van der Waals surface area contributed by atoms with Gasteiger partial charge < -0.3 is 10.5 Å². The molecule has 0 unspecified atom stereocenters. The van der Waals surface area contributed by atoms with E-state index in [9.17, 15) is 4.79 Å². The number of hydrogen-bond acceptors (Lipinski definition) is 3. The third-order valence-electron chi connectivity index (χ3n) is 2.27. The van der Waals surface area contributed by atoms with Crippen molar-refractivity contribution in [3.63, 3.8) is 0 Å². The Morgan fingerprint density at radius 1 is 1.24 bits per heavy atom. The van der Waals surface area contributed by atoms with Crippen molar-refractivity contribution in [3.8, 4) is 11.6 Å². The minimum Gasteiger partial charge on any atom is -0.438 e. The molecule has 0 aliphatic rings. The van der Waals surface area contributed by atoms with Crippen LogP contribution in [0.25, 0.3) is 0 Å². The van der Waals surface area contributed by atoms with E-state index in [1.807, 2.05) is 31.2 Å². The van der Waals surface area contributed by atoms with Gasteiger partial charge in [-0.3, -0.25) is 4.79 Å². The molecular formula is C13H12N2O2. The zero-order valence-electron chi connectivity index (χ0n) is 9.38. The third-order valence-corrected chi connectivity index (χ3v) is 2.27. The summed E-state index contributed by atoms with van der Waals surface area (Å²) in [5, 5.41) is 0. The van der Waals surface area contributed by atoms with Crippen LogP contribution in [-0.2, 0) is 0 Å². The first-order chi connectivity index (χ1) is 8.16. The molecular weight excluding hydrogens is 216 g/mol. The van der Waals surface area contributed by atoms with Crippen molar-refractivity contribution in [3.05, 3.63) is 53.7 Å². The Balaban J connectivity index is 2.30. The number of aryl methyl sites for hydroxylation is 1. The molecule has 1 amide bonds. The Morgan fingerprint density at radius 2 is 1.94 bits per heavy atom. The highest BCUT2D eigenvalue weighted by Crippen LogP contribution is 2.22. The summed E-state index contributed by atoms with van der Waals surface area (Å²) < 4.78 is 5.51. The van der Waals surface area contributed by atoms with Crippen LogP contribution in [0.4, 0.5) is 0 Å². The van der Waals surface area contributed by atoms with Crippen molar-refractivity contribution in [1.29, 1.82) is 0 Å². The minimum absolute atomic E-state index is 0.226. The van der Waals surface area contributed by atoms with Crippen molar-refractivity contribution in [2.45, 2.75) is 6.92 Å². The zero-order valence-corrected chi connectivity index (χ0v) is 9.38. The lowest BCUT2D eigenvalue weighted by atomic mass is 10.2. The average Bonchev–Trinajstić information content (AvgIpc) is 2.32. The van der Waals surface area contributed by atoms with Crippen LogP contribution < -0.4 is 10.5 Å². The molecule has 86 valence electrons. The molecule has 2 rings (SSSR count). The lowest BCUT2D eigenvalue weighted by Gasteiger charge is -2.07. The van der Waals surface area contributed by atoms with Crippen LogP contribution in [0.15, 0.2) is 42.6 Å². The van der Waals surface area contributed by atoms with E-state index in [2.05, 4.69) is 4.98 Å². The summed E-state index contributed by atoms with van der Waals surface area (Å²) in [6.07, 6.45) is 1.55. The second-order valence-electron chi connectivity index (χ2n) is 3.64. The van der Waals surface area contributed by atoms with Crippen molar-refractivity contribution in [2.75, 3.05) is 0 Å². The van der Waals surface area contributed by atoms with Crippen LogP contribution >= 0.6 is 0 Å². The molecule has 0 saturated carbocycles. The summed E-state index contributed by atoms with van der Waals surface area (Å²) in [6, 6.07) is 10.7. The molecule has 0 saturated heterocycles. The molecule has 0 spiro atoms. The van der Waals surface area contributed by atoms with Crippen LogP contribution in [0.2, 0.25) is 0 Å². The fraction of sp³-hybridized carbons (Fsp3) is 0.0769. The van der Waals surface area contributed by atoms with Gasteiger partial charge >= 0.3 is 0 Å². The van der Waals surface area contributed by atoms with E-state index in [1.165, 1.54) is 0 Å². The van der Waals surface area contributed by atoms with Gasteiger partial charge in [-0.05, 0) is 31.2 Å². The van der Waals surface area contributed by atoms with Gasteiger partial charge in [-0.15, -0.1) is 0 Å². The second kappa shape index (κ2) is 4.65. The predicted octanol–water partition coefficient (Wildman–Crippen LogP) is 2.28. The topological polar surface area (TPSA) is 65.2 Å². The normalized spacial score (nSPS) is 9.94. The Morgan fingerprint density at radius 3 is 2.59 bits per heavy atom. The lowest BCUT2D eigenvalue weighted by Crippen LogP contribution is -2.12. The monoisotopic (exact) mass is 228 g/mol.